The molecule has 12 nitrogen and oxygen atoms in total. The number of methoxy groups -OCH3 is 1. The summed E-state index contributed by atoms with van der Waals surface area (Å²) < 4.78 is 51.5. The number of ketones is 1. The topological polar surface area (TPSA) is 144 Å². The summed E-state index contributed by atoms with van der Waals surface area (Å²) in [5.74, 6) is -1.72. The Labute approximate surface area is 240 Å². The Balaban J connectivity index is 0.000000616. The van der Waals surface area contributed by atoms with E-state index in [2.05, 4.69) is 35.9 Å². The highest BCUT2D eigenvalue weighted by Crippen LogP contribution is 2.40. The fraction of sp³-hybridized carbons (Fsp3) is 0.519. The first-order chi connectivity index (χ1) is 19.5. The Bertz CT molecular complexity index is 1490. The highest BCUT2D eigenvalue weighted by atomic mass is 19.4. The van der Waals surface area contributed by atoms with Crippen LogP contribution in [0.15, 0.2) is 24.3 Å². The van der Waals surface area contributed by atoms with Crippen molar-refractivity contribution in [2.24, 2.45) is 0 Å². The van der Waals surface area contributed by atoms with Gasteiger partial charge in [0.2, 0.25) is 11.5 Å². The zero-order valence-corrected chi connectivity index (χ0v) is 24.3. The van der Waals surface area contributed by atoms with Gasteiger partial charge in [-0.3, -0.25) is 10.2 Å². The minimum absolute atomic E-state index is 0.000477. The molecule has 0 spiro atoms. The maximum absolute atomic E-state index is 13.5. The largest absolute Gasteiger partial charge is 0.494 e. The molecule has 42 heavy (non-hydrogen) atoms. The monoisotopic (exact) mass is 596 g/mol. The number of rotatable bonds is 7. The maximum atomic E-state index is 13.5. The molecule has 2 N–H and O–H groups in total. The molecule has 0 bridgehead atoms. The van der Waals surface area contributed by atoms with Crippen LogP contribution < -0.4 is 20.0 Å². The molecule has 0 radical (unpaired) electrons. The number of carbonyl (C=O) groups excluding carboxylic acids is 1. The second-order valence-electron chi connectivity index (χ2n) is 10.7. The second-order valence-corrected chi connectivity index (χ2v) is 10.7. The lowest BCUT2D eigenvalue weighted by molar-refractivity contribution is -0.192. The number of hydrogen-bond acceptors (Lipinski definition) is 9. The van der Waals surface area contributed by atoms with E-state index in [1.807, 2.05) is 26.0 Å². The van der Waals surface area contributed by atoms with Crippen molar-refractivity contribution in [1.29, 1.82) is 5.41 Å². The quantitative estimate of drug-likeness (QED) is 0.392. The summed E-state index contributed by atoms with van der Waals surface area (Å²) in [7, 11) is 1.67. The molecule has 15 heteroatoms. The van der Waals surface area contributed by atoms with Gasteiger partial charge in [0.25, 0.3) is 0 Å². The van der Waals surface area contributed by atoms with E-state index in [-0.39, 0.29) is 29.5 Å². The number of anilines is 1. The van der Waals surface area contributed by atoms with Crippen LogP contribution in [0.2, 0.25) is 0 Å². The summed E-state index contributed by atoms with van der Waals surface area (Å²) in [5.41, 5.74) is 2.62. The van der Waals surface area contributed by atoms with Crippen molar-refractivity contribution in [2.45, 2.75) is 58.9 Å². The van der Waals surface area contributed by atoms with Gasteiger partial charge in [0.05, 0.1) is 32.1 Å². The van der Waals surface area contributed by atoms with E-state index in [0.29, 0.717) is 30.3 Å². The fourth-order valence-corrected chi connectivity index (χ4v) is 4.14. The van der Waals surface area contributed by atoms with Crippen LogP contribution >= 0.6 is 0 Å². The first kappa shape index (κ1) is 32.4. The number of ether oxygens (including phenoxy) is 3. The van der Waals surface area contributed by atoms with Gasteiger partial charge < -0.3 is 24.2 Å². The molecule has 230 valence electrons. The lowest BCUT2D eigenvalue weighted by Gasteiger charge is -2.33. The summed E-state index contributed by atoms with van der Waals surface area (Å²) >= 11 is 0. The molecule has 0 unspecified atom stereocenters. The van der Waals surface area contributed by atoms with Crippen LogP contribution in [-0.2, 0) is 21.5 Å². The van der Waals surface area contributed by atoms with E-state index in [9.17, 15) is 18.0 Å². The number of carboxylic acid groups (broad SMARTS) is 1. The molecule has 0 aliphatic carbocycles. The number of alkyl halides is 3. The van der Waals surface area contributed by atoms with Crippen molar-refractivity contribution < 1.29 is 42.1 Å². The summed E-state index contributed by atoms with van der Waals surface area (Å²) in [6.07, 6.45) is -5.13. The third-order valence-electron chi connectivity index (χ3n) is 6.11. The number of halogens is 3. The summed E-state index contributed by atoms with van der Waals surface area (Å²) in [6, 6.07) is 7.22. The number of carbonyl (C=O) groups is 2. The molecule has 3 aromatic rings. The first-order valence-electron chi connectivity index (χ1n) is 13.1. The SMILES string of the molecule is COc1c(N2CCOCC2)cc(C(=O)Cn2nc3ccc(OC(C)C)nn3c2=N)cc1C(C)(C)C.O=C(O)C(F)(F)F. The number of Topliss-reactive ketones (excluding diaryl/α,β-unsaturated/α-hetero) is 1. The lowest BCUT2D eigenvalue weighted by atomic mass is 9.84. The number of fused-ring (bicyclic) bond motifs is 1. The number of carboxylic acids is 1. The van der Waals surface area contributed by atoms with Gasteiger partial charge in [-0.25, -0.2) is 9.48 Å². The van der Waals surface area contributed by atoms with Crippen LogP contribution in [0.3, 0.4) is 0 Å². The molecule has 0 saturated carbocycles. The van der Waals surface area contributed by atoms with Crippen molar-refractivity contribution >= 4 is 23.1 Å². The van der Waals surface area contributed by atoms with Crippen LogP contribution in [0.5, 0.6) is 11.6 Å². The summed E-state index contributed by atoms with van der Waals surface area (Å²) in [5, 5.41) is 24.4. The standard InChI is InChI=1S/C25H34N6O4.C2HF3O2/c1-16(2)35-22-8-7-21-27-30(24(26)31(21)28-22)15-20(32)17-13-18(25(3,4)5)23(33-6)19(14-17)29-9-11-34-12-10-29;3-2(4,5)1(6)7/h7-8,13-14,16,26H,9-12,15H2,1-6H3;(H,6,7). The Morgan fingerprint density at radius 3 is 2.26 bits per heavy atom. The van der Waals surface area contributed by atoms with E-state index < -0.39 is 12.1 Å². The Morgan fingerprint density at radius 2 is 1.74 bits per heavy atom. The number of nitrogens with zero attached hydrogens (tertiary/aromatic N) is 5. The second kappa shape index (κ2) is 12.8. The zero-order chi connectivity index (χ0) is 31.4. The highest BCUT2D eigenvalue weighted by Gasteiger charge is 2.38. The highest BCUT2D eigenvalue weighted by molar-refractivity contribution is 5.97. The number of benzene rings is 1. The van der Waals surface area contributed by atoms with Gasteiger partial charge in [-0.05, 0) is 37.5 Å². The average molecular weight is 597 g/mol. The maximum Gasteiger partial charge on any atom is 0.490 e. The van der Waals surface area contributed by atoms with Gasteiger partial charge in [0, 0.05) is 30.3 Å². The average Bonchev–Trinajstić information content (AvgIpc) is 3.21. The van der Waals surface area contributed by atoms with E-state index in [0.717, 1.165) is 30.1 Å². The minimum Gasteiger partial charge on any atom is -0.494 e. The van der Waals surface area contributed by atoms with Crippen molar-refractivity contribution in [3.05, 3.63) is 41.0 Å². The predicted molar refractivity (Wildman–Crippen MR) is 145 cm³/mol. The van der Waals surface area contributed by atoms with Crippen LogP contribution in [0, 0.1) is 5.41 Å². The van der Waals surface area contributed by atoms with Gasteiger partial charge in [-0.2, -0.15) is 17.7 Å². The van der Waals surface area contributed by atoms with Crippen LogP contribution in [-0.4, -0.2) is 81.9 Å². The van der Waals surface area contributed by atoms with Gasteiger partial charge in [0.15, 0.2) is 11.4 Å². The van der Waals surface area contributed by atoms with Crippen molar-refractivity contribution in [3.63, 3.8) is 0 Å². The first-order valence-corrected chi connectivity index (χ1v) is 13.1. The van der Waals surface area contributed by atoms with Crippen molar-refractivity contribution in [2.75, 3.05) is 38.3 Å². The zero-order valence-electron chi connectivity index (χ0n) is 24.3. The molecular weight excluding hydrogens is 561 g/mol. The lowest BCUT2D eigenvalue weighted by Crippen LogP contribution is -2.37. The molecule has 1 fully saturated rings. The number of aliphatic carboxylic acids is 1. The molecule has 1 aromatic carbocycles. The van der Waals surface area contributed by atoms with Gasteiger partial charge >= 0.3 is 12.1 Å². The van der Waals surface area contributed by atoms with Gasteiger partial charge in [-0.15, -0.1) is 10.2 Å². The normalized spacial score (nSPS) is 14.0. The van der Waals surface area contributed by atoms with E-state index in [4.69, 9.17) is 29.5 Å². The molecule has 4 rings (SSSR count). The Kier molecular flexibility index (Phi) is 9.86. The molecule has 1 aliphatic heterocycles. The summed E-state index contributed by atoms with van der Waals surface area (Å²) in [4.78, 5) is 24.6. The fourth-order valence-electron chi connectivity index (χ4n) is 4.14. The molecule has 3 heterocycles. The number of hydrogen-bond donors (Lipinski definition) is 2. The molecular formula is C27H35F3N6O6. The van der Waals surface area contributed by atoms with E-state index in [1.54, 1.807) is 19.2 Å². The minimum atomic E-state index is -5.08. The third kappa shape index (κ3) is 7.78. The smallest absolute Gasteiger partial charge is 0.490 e. The van der Waals surface area contributed by atoms with Crippen LogP contribution in [0.4, 0.5) is 18.9 Å². The molecule has 1 aliphatic rings. The van der Waals surface area contributed by atoms with Gasteiger partial charge in [-0.1, -0.05) is 20.8 Å². The number of nitrogens with one attached hydrogen (secondary N) is 1. The number of morpholine rings is 1. The van der Waals surface area contributed by atoms with Crippen LogP contribution in [0.1, 0.15) is 50.5 Å². The van der Waals surface area contributed by atoms with Crippen molar-refractivity contribution in [3.8, 4) is 11.6 Å². The van der Waals surface area contributed by atoms with Gasteiger partial charge in [0.1, 0.15) is 12.3 Å². The molecule has 0 atom stereocenters. The van der Waals surface area contributed by atoms with E-state index in [1.165, 1.54) is 9.20 Å². The number of aromatic nitrogens is 4. The Morgan fingerprint density at radius 1 is 1.12 bits per heavy atom. The van der Waals surface area contributed by atoms with E-state index >= 15 is 0 Å². The Hall–Kier alpha value is -4.14. The molecule has 2 aromatic heterocycles. The summed E-state index contributed by atoms with van der Waals surface area (Å²) in [6.45, 7) is 12.7. The van der Waals surface area contributed by atoms with Crippen LogP contribution in [0.25, 0.3) is 5.65 Å². The van der Waals surface area contributed by atoms with Crippen molar-refractivity contribution in [1.82, 2.24) is 19.4 Å². The molecule has 1 saturated heterocycles. The predicted octanol–water partition coefficient (Wildman–Crippen LogP) is 3.46. The molecule has 0 amide bonds. The third-order valence-corrected chi connectivity index (χ3v) is 6.11.